The molecule has 1 fully saturated rings. The fourth-order valence-electron chi connectivity index (χ4n) is 2.75. The van der Waals surface area contributed by atoms with Crippen LogP contribution in [0.1, 0.15) is 48.0 Å². The van der Waals surface area contributed by atoms with Crippen LogP contribution in [-0.4, -0.2) is 5.11 Å². The van der Waals surface area contributed by atoms with Gasteiger partial charge in [0.15, 0.2) is 0 Å². The van der Waals surface area contributed by atoms with Crippen LogP contribution in [0.2, 0.25) is 5.02 Å². The topological polar surface area (TPSA) is 20.2 Å². The third kappa shape index (κ3) is 3.28. The lowest BCUT2D eigenvalue weighted by Crippen LogP contribution is -2.09. The SMILES string of the molecule is OC(Cc1ccc(F)cc1Cl)c1ccc(C2CCC2)cc1. The Hall–Kier alpha value is -1.38. The molecule has 110 valence electrons. The van der Waals surface area contributed by atoms with E-state index in [-0.39, 0.29) is 5.82 Å². The molecule has 2 aromatic carbocycles. The summed E-state index contributed by atoms with van der Waals surface area (Å²) in [6.45, 7) is 0. The van der Waals surface area contributed by atoms with Gasteiger partial charge in [0.2, 0.25) is 0 Å². The molecule has 2 aromatic rings. The molecule has 0 bridgehead atoms. The van der Waals surface area contributed by atoms with Crippen LogP contribution >= 0.6 is 11.6 Å². The maximum absolute atomic E-state index is 13.0. The van der Waals surface area contributed by atoms with Crippen LogP contribution in [0, 0.1) is 5.82 Å². The van der Waals surface area contributed by atoms with E-state index in [1.54, 1.807) is 6.07 Å². The first kappa shape index (κ1) is 14.6. The Labute approximate surface area is 129 Å². The minimum atomic E-state index is -0.622. The molecule has 1 aliphatic carbocycles. The molecule has 0 saturated heterocycles. The predicted octanol–water partition coefficient (Wildman–Crippen LogP) is 5.02. The zero-order chi connectivity index (χ0) is 14.8. The second kappa shape index (κ2) is 6.17. The number of aliphatic hydroxyl groups excluding tert-OH is 1. The first-order chi connectivity index (χ1) is 10.1. The van der Waals surface area contributed by atoms with Gasteiger partial charge in [0.25, 0.3) is 0 Å². The van der Waals surface area contributed by atoms with Crippen molar-refractivity contribution in [2.75, 3.05) is 0 Å². The summed E-state index contributed by atoms with van der Waals surface area (Å²) in [5.74, 6) is 0.339. The third-order valence-electron chi connectivity index (χ3n) is 4.33. The van der Waals surface area contributed by atoms with Gasteiger partial charge in [0, 0.05) is 11.4 Å². The lowest BCUT2D eigenvalue weighted by atomic mass is 9.80. The first-order valence-corrected chi connectivity index (χ1v) is 7.73. The third-order valence-corrected chi connectivity index (χ3v) is 4.68. The van der Waals surface area contributed by atoms with Crippen molar-refractivity contribution < 1.29 is 9.50 Å². The summed E-state index contributed by atoms with van der Waals surface area (Å²) in [7, 11) is 0. The fourth-order valence-corrected chi connectivity index (χ4v) is 2.99. The number of hydrogen-bond acceptors (Lipinski definition) is 1. The molecule has 0 spiro atoms. The molecule has 0 radical (unpaired) electrons. The van der Waals surface area contributed by atoms with Gasteiger partial charge in [-0.1, -0.05) is 48.4 Å². The lowest BCUT2D eigenvalue weighted by Gasteiger charge is -2.26. The van der Waals surface area contributed by atoms with Crippen LogP contribution in [-0.2, 0) is 6.42 Å². The van der Waals surface area contributed by atoms with E-state index in [2.05, 4.69) is 12.1 Å². The Morgan fingerprint density at radius 1 is 1.14 bits per heavy atom. The zero-order valence-corrected chi connectivity index (χ0v) is 12.5. The van der Waals surface area contributed by atoms with Gasteiger partial charge in [0.1, 0.15) is 5.82 Å². The fraction of sp³-hybridized carbons (Fsp3) is 0.333. The van der Waals surface area contributed by atoms with E-state index < -0.39 is 6.10 Å². The summed E-state index contributed by atoms with van der Waals surface area (Å²) < 4.78 is 13.0. The van der Waals surface area contributed by atoms with Crippen molar-refractivity contribution in [2.24, 2.45) is 0 Å². The van der Waals surface area contributed by atoms with Gasteiger partial charge in [-0.3, -0.25) is 0 Å². The van der Waals surface area contributed by atoms with E-state index in [9.17, 15) is 9.50 Å². The van der Waals surface area contributed by atoms with Gasteiger partial charge in [0.05, 0.1) is 6.10 Å². The van der Waals surface area contributed by atoms with Crippen LogP contribution in [0.5, 0.6) is 0 Å². The number of benzene rings is 2. The van der Waals surface area contributed by atoms with Crippen LogP contribution in [0.3, 0.4) is 0 Å². The maximum atomic E-state index is 13.0. The lowest BCUT2D eigenvalue weighted by molar-refractivity contribution is 0.178. The number of rotatable bonds is 4. The molecule has 1 aliphatic rings. The molecule has 1 atom stereocenters. The minimum absolute atomic E-state index is 0.358. The van der Waals surface area contributed by atoms with Gasteiger partial charge in [-0.05, 0) is 47.6 Å². The minimum Gasteiger partial charge on any atom is -0.388 e. The molecule has 0 aromatic heterocycles. The Bertz CT molecular complexity index is 620. The van der Waals surface area contributed by atoms with Crippen molar-refractivity contribution in [1.29, 1.82) is 0 Å². The Kier molecular flexibility index (Phi) is 4.27. The normalized spacial score (nSPS) is 16.5. The molecule has 0 amide bonds. The van der Waals surface area contributed by atoms with Crippen molar-refractivity contribution in [2.45, 2.75) is 37.7 Å². The van der Waals surface area contributed by atoms with Crippen molar-refractivity contribution in [3.63, 3.8) is 0 Å². The monoisotopic (exact) mass is 304 g/mol. The zero-order valence-electron chi connectivity index (χ0n) is 11.7. The summed E-state index contributed by atoms with van der Waals surface area (Å²) in [5, 5.41) is 10.7. The molecular weight excluding hydrogens is 287 g/mol. The highest BCUT2D eigenvalue weighted by Gasteiger charge is 2.19. The van der Waals surface area contributed by atoms with Crippen LogP contribution < -0.4 is 0 Å². The highest BCUT2D eigenvalue weighted by Crippen LogP contribution is 2.36. The Morgan fingerprint density at radius 3 is 2.43 bits per heavy atom. The molecule has 3 heteroatoms. The number of halogens is 2. The highest BCUT2D eigenvalue weighted by molar-refractivity contribution is 6.31. The molecule has 1 N–H and O–H groups in total. The van der Waals surface area contributed by atoms with Gasteiger partial charge >= 0.3 is 0 Å². The molecule has 1 unspecified atom stereocenters. The van der Waals surface area contributed by atoms with Crippen molar-refractivity contribution >= 4 is 11.6 Å². The maximum Gasteiger partial charge on any atom is 0.124 e. The summed E-state index contributed by atoms with van der Waals surface area (Å²) in [5.41, 5.74) is 2.99. The van der Waals surface area contributed by atoms with Gasteiger partial charge < -0.3 is 5.11 Å². The molecule has 0 heterocycles. The first-order valence-electron chi connectivity index (χ1n) is 7.35. The molecule has 1 saturated carbocycles. The van der Waals surface area contributed by atoms with Gasteiger partial charge in [-0.15, -0.1) is 0 Å². The second-order valence-electron chi connectivity index (χ2n) is 5.75. The summed E-state index contributed by atoms with van der Waals surface area (Å²) in [4.78, 5) is 0. The van der Waals surface area contributed by atoms with Crippen LogP contribution in [0.15, 0.2) is 42.5 Å². The molecule has 21 heavy (non-hydrogen) atoms. The van der Waals surface area contributed by atoms with E-state index >= 15 is 0 Å². The van der Waals surface area contributed by atoms with Crippen molar-refractivity contribution in [3.05, 3.63) is 70.0 Å². The van der Waals surface area contributed by atoms with E-state index in [1.807, 2.05) is 12.1 Å². The highest BCUT2D eigenvalue weighted by atomic mass is 35.5. The Morgan fingerprint density at radius 2 is 1.86 bits per heavy atom. The standard InChI is InChI=1S/C18H18ClFO/c19-17-11-16(20)9-8-15(17)10-18(21)14-6-4-13(5-7-14)12-2-1-3-12/h4-9,11-12,18,21H,1-3,10H2. The summed E-state index contributed by atoms with van der Waals surface area (Å²) in [6.07, 6.45) is 3.63. The molecule has 3 rings (SSSR count). The largest absolute Gasteiger partial charge is 0.388 e. The number of aliphatic hydroxyl groups is 1. The molecule has 0 aliphatic heterocycles. The summed E-state index contributed by atoms with van der Waals surface area (Å²) >= 11 is 6.00. The van der Waals surface area contributed by atoms with Gasteiger partial charge in [-0.25, -0.2) is 4.39 Å². The van der Waals surface area contributed by atoms with Crippen molar-refractivity contribution in [3.8, 4) is 0 Å². The van der Waals surface area contributed by atoms with E-state index in [4.69, 9.17) is 11.6 Å². The average molecular weight is 305 g/mol. The van der Waals surface area contributed by atoms with E-state index in [1.165, 1.54) is 37.0 Å². The molecule has 1 nitrogen and oxygen atoms in total. The van der Waals surface area contributed by atoms with Crippen LogP contribution in [0.25, 0.3) is 0 Å². The van der Waals surface area contributed by atoms with E-state index in [0.29, 0.717) is 17.4 Å². The molecular formula is C18H18ClFO. The average Bonchev–Trinajstić information content (AvgIpc) is 2.41. The van der Waals surface area contributed by atoms with Crippen molar-refractivity contribution in [1.82, 2.24) is 0 Å². The predicted molar refractivity (Wildman–Crippen MR) is 83.1 cm³/mol. The quantitative estimate of drug-likeness (QED) is 0.840. The van der Waals surface area contributed by atoms with Gasteiger partial charge in [-0.2, -0.15) is 0 Å². The number of hydrogen-bond donors (Lipinski definition) is 1. The van der Waals surface area contributed by atoms with Crippen LogP contribution in [0.4, 0.5) is 4.39 Å². The second-order valence-corrected chi connectivity index (χ2v) is 6.16. The summed E-state index contributed by atoms with van der Waals surface area (Å²) in [6, 6.07) is 12.5. The van der Waals surface area contributed by atoms with E-state index in [0.717, 1.165) is 11.1 Å². The Balaban J connectivity index is 1.70. The smallest absolute Gasteiger partial charge is 0.124 e.